The van der Waals surface area contributed by atoms with Crippen molar-refractivity contribution in [3.63, 3.8) is 0 Å². The number of nitrogens with zero attached hydrogens (tertiary/aromatic N) is 8. The van der Waals surface area contributed by atoms with Crippen LogP contribution in [0.4, 0.5) is 0 Å². The van der Waals surface area contributed by atoms with Gasteiger partial charge >= 0.3 is 0 Å². The molecule has 0 saturated heterocycles. The average molecular weight is 823 g/mol. The van der Waals surface area contributed by atoms with Crippen molar-refractivity contribution in [3.8, 4) is 68.6 Å². The van der Waals surface area contributed by atoms with Gasteiger partial charge in [-0.05, 0) is 60.4 Å². The molecule has 0 atom stereocenters. The third-order valence-corrected chi connectivity index (χ3v) is 12.1. The van der Waals surface area contributed by atoms with Crippen LogP contribution in [0.1, 0.15) is 11.1 Å². The zero-order valence-electron chi connectivity index (χ0n) is 35.1. The van der Waals surface area contributed by atoms with Crippen LogP contribution in [0.5, 0.6) is 0 Å². The van der Waals surface area contributed by atoms with Gasteiger partial charge in [0, 0.05) is 43.8 Å². The summed E-state index contributed by atoms with van der Waals surface area (Å²) >= 11 is 0. The van der Waals surface area contributed by atoms with E-state index in [0.717, 1.165) is 88.1 Å². The molecule has 0 N–H and O–H groups in total. The molecule has 0 bridgehead atoms. The van der Waals surface area contributed by atoms with Crippen molar-refractivity contribution in [1.29, 1.82) is 0 Å². The van der Waals surface area contributed by atoms with Crippen LogP contribution in [0.15, 0.2) is 194 Å². The molecule has 4 heterocycles. The third kappa shape index (κ3) is 6.07. The predicted octanol–water partition coefficient (Wildman–Crippen LogP) is 13.2. The minimum atomic E-state index is 0.554. The Morgan fingerprint density at radius 2 is 0.578 bits per heavy atom. The summed E-state index contributed by atoms with van der Waals surface area (Å²) in [6.07, 6.45) is 0. The molecule has 12 rings (SSSR count). The molecule has 0 saturated carbocycles. The largest absolute Gasteiger partial charge is 0.278 e. The number of fused-ring (bicyclic) bond motifs is 6. The van der Waals surface area contributed by atoms with Gasteiger partial charge in [-0.1, -0.05) is 170 Å². The molecule has 0 fully saturated rings. The first-order valence-electron chi connectivity index (χ1n) is 21.4. The van der Waals surface area contributed by atoms with Crippen LogP contribution in [0, 0.1) is 13.8 Å². The highest BCUT2D eigenvalue weighted by Crippen LogP contribution is 2.46. The second-order valence-corrected chi connectivity index (χ2v) is 16.0. The molecule has 0 aliphatic heterocycles. The summed E-state index contributed by atoms with van der Waals surface area (Å²) in [6.45, 7) is 4.43. The first-order chi connectivity index (χ1) is 31.6. The number of hydrogen-bond donors (Lipinski definition) is 0. The molecule has 0 aliphatic rings. The number of aromatic nitrogens is 8. The van der Waals surface area contributed by atoms with Gasteiger partial charge < -0.3 is 0 Å². The number of para-hydroxylation sites is 2. The predicted molar refractivity (Wildman–Crippen MR) is 259 cm³/mol. The molecule has 12 aromatic rings. The monoisotopic (exact) mass is 822 g/mol. The van der Waals surface area contributed by atoms with E-state index in [-0.39, 0.29) is 0 Å². The highest BCUT2D eigenvalue weighted by molar-refractivity contribution is 6.23. The van der Waals surface area contributed by atoms with E-state index >= 15 is 0 Å². The van der Waals surface area contributed by atoms with Crippen molar-refractivity contribution in [1.82, 2.24) is 39.0 Å². The van der Waals surface area contributed by atoms with E-state index in [2.05, 4.69) is 95.8 Å². The van der Waals surface area contributed by atoms with Crippen molar-refractivity contribution in [3.05, 3.63) is 205 Å². The second kappa shape index (κ2) is 15.1. The van der Waals surface area contributed by atoms with Crippen LogP contribution in [-0.2, 0) is 0 Å². The van der Waals surface area contributed by atoms with Crippen molar-refractivity contribution in [2.45, 2.75) is 13.8 Å². The molecule has 0 aliphatic carbocycles. The first-order valence-corrected chi connectivity index (χ1v) is 21.4. The van der Waals surface area contributed by atoms with Crippen LogP contribution in [0.25, 0.3) is 112 Å². The highest BCUT2D eigenvalue weighted by Gasteiger charge is 2.26. The Bertz CT molecular complexity index is 3370. The van der Waals surface area contributed by atoms with Gasteiger partial charge in [-0.2, -0.15) is 19.9 Å². The van der Waals surface area contributed by atoms with Gasteiger partial charge in [0.1, 0.15) is 0 Å². The van der Waals surface area contributed by atoms with E-state index < -0.39 is 0 Å². The summed E-state index contributed by atoms with van der Waals surface area (Å²) in [7, 11) is 0. The minimum absolute atomic E-state index is 0.554. The molecular weight excluding hydrogens is 785 g/mol. The molecule has 64 heavy (non-hydrogen) atoms. The molecule has 0 amide bonds. The minimum Gasteiger partial charge on any atom is -0.278 e. The lowest BCUT2D eigenvalue weighted by atomic mass is 9.89. The van der Waals surface area contributed by atoms with E-state index in [1.807, 2.05) is 121 Å². The Morgan fingerprint density at radius 3 is 0.906 bits per heavy atom. The summed E-state index contributed by atoms with van der Waals surface area (Å²) in [5.74, 6) is 3.55. The topological polar surface area (TPSA) is 87.2 Å². The molecule has 0 unspecified atom stereocenters. The van der Waals surface area contributed by atoms with Crippen LogP contribution in [0.2, 0.25) is 0 Å². The lowest BCUT2D eigenvalue weighted by Gasteiger charge is -2.15. The molecule has 302 valence electrons. The third-order valence-electron chi connectivity index (χ3n) is 12.1. The molecule has 8 heteroatoms. The summed E-state index contributed by atoms with van der Waals surface area (Å²) in [6, 6.07) is 66.6. The van der Waals surface area contributed by atoms with Crippen molar-refractivity contribution in [2.75, 3.05) is 0 Å². The smallest absolute Gasteiger partial charge is 0.238 e. The van der Waals surface area contributed by atoms with Crippen LogP contribution in [-0.4, -0.2) is 39.0 Å². The number of aryl methyl sites for hydroxylation is 2. The standard InChI is InChI=1S/C56H38N8/c1-35-31-33-45-49(41-27-15-17-29-43(41)63(45)55-59-51(37-19-7-3-8-20-37)57-52(60-55)38-21-9-4-10-22-38)47(35)48-36(2)32-34-46-50(48)42-28-16-18-30-44(42)64(46)56-61-53(39-23-11-5-12-24-39)58-54(62-56)40-25-13-6-14-26-40/h3-34H,1-2H3. The molecule has 8 nitrogen and oxygen atoms in total. The maximum Gasteiger partial charge on any atom is 0.238 e. The zero-order valence-corrected chi connectivity index (χ0v) is 35.1. The van der Waals surface area contributed by atoms with E-state index in [4.69, 9.17) is 29.9 Å². The SMILES string of the molecule is Cc1ccc2c(c1-c1c(C)ccc3c1c1ccccc1n3-c1nc(-c3ccccc3)nc(-c3ccccc3)n1)c1ccccc1n2-c1nc(-c2ccccc2)nc(-c2ccccc2)n1. The van der Waals surface area contributed by atoms with Crippen LogP contribution in [0.3, 0.4) is 0 Å². The maximum atomic E-state index is 5.22. The van der Waals surface area contributed by atoms with Crippen molar-refractivity contribution in [2.24, 2.45) is 0 Å². The average Bonchev–Trinajstić information content (AvgIpc) is 3.88. The Hall–Kier alpha value is -8.62. The van der Waals surface area contributed by atoms with Gasteiger partial charge in [0.15, 0.2) is 23.3 Å². The van der Waals surface area contributed by atoms with Gasteiger partial charge in [0.2, 0.25) is 11.9 Å². The Kier molecular flexibility index (Phi) is 8.76. The fourth-order valence-corrected chi connectivity index (χ4v) is 9.20. The molecule has 0 radical (unpaired) electrons. The number of rotatable bonds is 7. The Balaban J connectivity index is 1.15. The highest BCUT2D eigenvalue weighted by atomic mass is 15.2. The van der Waals surface area contributed by atoms with Gasteiger partial charge in [-0.15, -0.1) is 0 Å². The summed E-state index contributed by atoms with van der Waals surface area (Å²) in [5.41, 5.74) is 12.3. The molecule has 8 aromatic carbocycles. The summed E-state index contributed by atoms with van der Waals surface area (Å²) in [4.78, 5) is 30.9. The lowest BCUT2D eigenvalue weighted by Crippen LogP contribution is -2.06. The molecular formula is C56H38N8. The maximum absolute atomic E-state index is 5.22. The fourth-order valence-electron chi connectivity index (χ4n) is 9.20. The summed E-state index contributed by atoms with van der Waals surface area (Å²) in [5, 5.41) is 4.47. The second-order valence-electron chi connectivity index (χ2n) is 16.0. The van der Waals surface area contributed by atoms with Gasteiger partial charge in [0.05, 0.1) is 22.1 Å². The number of benzene rings is 8. The van der Waals surface area contributed by atoms with E-state index in [1.165, 1.54) is 0 Å². The number of hydrogen-bond acceptors (Lipinski definition) is 6. The quantitative estimate of drug-likeness (QED) is 0.159. The first kappa shape index (κ1) is 37.2. The van der Waals surface area contributed by atoms with Gasteiger partial charge in [0.25, 0.3) is 0 Å². The Labute approximate surface area is 368 Å². The summed E-state index contributed by atoms with van der Waals surface area (Å²) < 4.78 is 4.40. The Morgan fingerprint density at radius 1 is 0.281 bits per heavy atom. The van der Waals surface area contributed by atoms with E-state index in [0.29, 0.717) is 35.2 Å². The lowest BCUT2D eigenvalue weighted by molar-refractivity contribution is 0.953. The molecule has 4 aromatic heterocycles. The van der Waals surface area contributed by atoms with E-state index in [9.17, 15) is 0 Å². The van der Waals surface area contributed by atoms with Crippen molar-refractivity contribution < 1.29 is 0 Å². The van der Waals surface area contributed by atoms with Crippen LogP contribution >= 0.6 is 0 Å². The molecule has 0 spiro atoms. The van der Waals surface area contributed by atoms with Crippen LogP contribution < -0.4 is 0 Å². The van der Waals surface area contributed by atoms with Gasteiger partial charge in [-0.3, -0.25) is 9.13 Å². The normalized spacial score (nSPS) is 11.6. The van der Waals surface area contributed by atoms with Gasteiger partial charge in [-0.25, -0.2) is 9.97 Å². The van der Waals surface area contributed by atoms with E-state index in [1.54, 1.807) is 0 Å². The van der Waals surface area contributed by atoms with Crippen molar-refractivity contribution >= 4 is 43.6 Å². The zero-order chi connectivity index (χ0) is 42.7. The fraction of sp³-hybridized carbons (Fsp3) is 0.0357.